The second-order valence-electron chi connectivity index (χ2n) is 4.69. The van der Waals surface area contributed by atoms with Crippen LogP contribution < -0.4 is 9.47 Å². The van der Waals surface area contributed by atoms with Crippen molar-refractivity contribution in [2.24, 2.45) is 0 Å². The summed E-state index contributed by atoms with van der Waals surface area (Å²) in [5.74, 6) is 1.13. The van der Waals surface area contributed by atoms with Gasteiger partial charge in [0.05, 0.1) is 13.2 Å². The topological polar surface area (TPSA) is 58.9 Å². The van der Waals surface area contributed by atoms with Gasteiger partial charge in [0.15, 0.2) is 17.6 Å². The number of hydrogen-bond acceptors (Lipinski definition) is 4. The van der Waals surface area contributed by atoms with Crippen molar-refractivity contribution in [2.75, 3.05) is 13.2 Å². The predicted molar refractivity (Wildman–Crippen MR) is 88.2 cm³/mol. The number of ether oxygens (including phenoxy) is 2. The monoisotopic (exact) mass is 366 g/mol. The molecule has 0 radical (unpaired) electrons. The Labute approximate surface area is 138 Å². The summed E-state index contributed by atoms with van der Waals surface area (Å²) in [4.78, 5) is 0. The van der Waals surface area contributed by atoms with Gasteiger partial charge in [-0.05, 0) is 25.1 Å². The molecule has 0 bridgehead atoms. The Kier molecular flexibility index (Phi) is 6.24. The standard InChI is InChI=1S/C17H19BrO4/c1-2-21-15-9-5-6-10-16(15)22-17(14(20)11-19)12-7-3-4-8-13(12)18/h3-10,14,17,19-20H,2,11H2,1H3/t14-,17+/m1/s1. The Bertz CT molecular complexity index is 603. The van der Waals surface area contributed by atoms with Crippen molar-refractivity contribution in [1.29, 1.82) is 0 Å². The van der Waals surface area contributed by atoms with Crippen molar-refractivity contribution in [3.63, 3.8) is 0 Å². The minimum atomic E-state index is -1.05. The second kappa shape index (κ2) is 8.17. The molecule has 0 saturated carbocycles. The maximum Gasteiger partial charge on any atom is 0.162 e. The lowest BCUT2D eigenvalue weighted by atomic mass is 10.0. The van der Waals surface area contributed by atoms with E-state index in [2.05, 4.69) is 15.9 Å². The molecule has 2 rings (SSSR count). The number of hydrogen-bond donors (Lipinski definition) is 2. The molecule has 0 saturated heterocycles. The van der Waals surface area contributed by atoms with E-state index in [1.54, 1.807) is 12.1 Å². The quantitative estimate of drug-likeness (QED) is 0.788. The third kappa shape index (κ3) is 4.00. The molecule has 0 spiro atoms. The van der Waals surface area contributed by atoms with Crippen LogP contribution in [0.1, 0.15) is 18.6 Å². The maximum atomic E-state index is 10.1. The molecule has 0 fully saturated rings. The molecule has 4 nitrogen and oxygen atoms in total. The van der Waals surface area contributed by atoms with Crippen molar-refractivity contribution < 1.29 is 19.7 Å². The van der Waals surface area contributed by atoms with E-state index in [-0.39, 0.29) is 0 Å². The van der Waals surface area contributed by atoms with Crippen LogP contribution in [-0.4, -0.2) is 29.5 Å². The highest BCUT2D eigenvalue weighted by molar-refractivity contribution is 9.10. The summed E-state index contributed by atoms with van der Waals surface area (Å²) in [6.45, 7) is 2.01. The summed E-state index contributed by atoms with van der Waals surface area (Å²) in [6, 6.07) is 14.7. The lowest BCUT2D eigenvalue weighted by Crippen LogP contribution is -2.27. The molecule has 0 aliphatic carbocycles. The third-order valence-electron chi connectivity index (χ3n) is 3.15. The first kappa shape index (κ1) is 16.8. The summed E-state index contributed by atoms with van der Waals surface area (Å²) < 4.78 is 12.3. The van der Waals surface area contributed by atoms with Crippen molar-refractivity contribution in [3.8, 4) is 11.5 Å². The number of rotatable bonds is 7. The summed E-state index contributed by atoms with van der Waals surface area (Å²) in [6.07, 6.45) is -1.75. The van der Waals surface area contributed by atoms with Gasteiger partial charge in [-0.2, -0.15) is 0 Å². The van der Waals surface area contributed by atoms with Crippen LogP contribution in [0.2, 0.25) is 0 Å². The molecular formula is C17H19BrO4. The number of benzene rings is 2. The van der Waals surface area contributed by atoms with Gasteiger partial charge in [0.1, 0.15) is 6.10 Å². The van der Waals surface area contributed by atoms with Gasteiger partial charge >= 0.3 is 0 Å². The summed E-state index contributed by atoms with van der Waals surface area (Å²) in [5, 5.41) is 19.5. The average Bonchev–Trinajstić information content (AvgIpc) is 2.54. The maximum absolute atomic E-state index is 10.1. The summed E-state index contributed by atoms with van der Waals surface area (Å²) >= 11 is 3.45. The zero-order chi connectivity index (χ0) is 15.9. The van der Waals surface area contributed by atoms with Gasteiger partial charge in [-0.3, -0.25) is 0 Å². The van der Waals surface area contributed by atoms with E-state index in [1.807, 2.05) is 43.3 Å². The van der Waals surface area contributed by atoms with Crippen molar-refractivity contribution in [3.05, 3.63) is 58.6 Å². The lowest BCUT2D eigenvalue weighted by Gasteiger charge is -2.25. The van der Waals surface area contributed by atoms with E-state index >= 15 is 0 Å². The van der Waals surface area contributed by atoms with Gasteiger partial charge in [-0.25, -0.2) is 0 Å². The molecule has 2 aromatic rings. The molecule has 118 valence electrons. The fourth-order valence-corrected chi connectivity index (χ4v) is 2.62. The lowest BCUT2D eigenvalue weighted by molar-refractivity contribution is -0.00336. The molecule has 0 aromatic heterocycles. The largest absolute Gasteiger partial charge is 0.490 e. The Balaban J connectivity index is 2.34. The van der Waals surface area contributed by atoms with Crippen molar-refractivity contribution in [1.82, 2.24) is 0 Å². The van der Waals surface area contributed by atoms with E-state index < -0.39 is 18.8 Å². The fourth-order valence-electron chi connectivity index (χ4n) is 2.11. The molecular weight excluding hydrogens is 348 g/mol. The SMILES string of the molecule is CCOc1ccccc1O[C@@H](c1ccccc1Br)[C@H](O)CO. The number of halogens is 1. The highest BCUT2D eigenvalue weighted by Crippen LogP contribution is 2.34. The third-order valence-corrected chi connectivity index (χ3v) is 3.87. The van der Waals surface area contributed by atoms with Crippen LogP contribution in [0.5, 0.6) is 11.5 Å². The first-order valence-corrected chi connectivity index (χ1v) is 7.88. The molecule has 22 heavy (non-hydrogen) atoms. The van der Waals surface area contributed by atoms with Crippen LogP contribution in [0, 0.1) is 0 Å². The Morgan fingerprint density at radius 2 is 1.68 bits per heavy atom. The highest BCUT2D eigenvalue weighted by atomic mass is 79.9. The van der Waals surface area contributed by atoms with Crippen LogP contribution in [0.4, 0.5) is 0 Å². The van der Waals surface area contributed by atoms with Gasteiger partial charge in [0.25, 0.3) is 0 Å². The van der Waals surface area contributed by atoms with Crippen LogP contribution >= 0.6 is 15.9 Å². The van der Waals surface area contributed by atoms with Crippen molar-refractivity contribution >= 4 is 15.9 Å². The fraction of sp³-hybridized carbons (Fsp3) is 0.294. The molecule has 5 heteroatoms. The average molecular weight is 367 g/mol. The number of aliphatic hydroxyl groups excluding tert-OH is 2. The number of para-hydroxylation sites is 2. The van der Waals surface area contributed by atoms with Crippen LogP contribution in [0.3, 0.4) is 0 Å². The molecule has 2 N–H and O–H groups in total. The van der Waals surface area contributed by atoms with E-state index in [9.17, 15) is 10.2 Å². The number of aliphatic hydroxyl groups is 2. The normalized spacial score (nSPS) is 13.5. The first-order valence-electron chi connectivity index (χ1n) is 7.09. The Morgan fingerprint density at radius 1 is 1.05 bits per heavy atom. The molecule has 0 aliphatic heterocycles. The van der Waals surface area contributed by atoms with E-state index in [0.29, 0.717) is 18.1 Å². The molecule has 0 amide bonds. The molecule has 2 aromatic carbocycles. The van der Waals surface area contributed by atoms with Gasteiger partial charge in [0, 0.05) is 10.0 Å². The first-order chi connectivity index (χ1) is 10.7. The minimum Gasteiger partial charge on any atom is -0.490 e. The predicted octanol–water partition coefficient (Wildman–Crippen LogP) is 3.32. The second-order valence-corrected chi connectivity index (χ2v) is 5.54. The van der Waals surface area contributed by atoms with Gasteiger partial charge in [0.2, 0.25) is 0 Å². The Hall–Kier alpha value is -1.56. The van der Waals surface area contributed by atoms with Gasteiger partial charge < -0.3 is 19.7 Å². The summed E-state index contributed by atoms with van der Waals surface area (Å²) in [7, 11) is 0. The minimum absolute atomic E-state index is 0.400. The zero-order valence-electron chi connectivity index (χ0n) is 12.3. The summed E-state index contributed by atoms with van der Waals surface area (Å²) in [5.41, 5.74) is 0.760. The Morgan fingerprint density at radius 3 is 2.32 bits per heavy atom. The van der Waals surface area contributed by atoms with Gasteiger partial charge in [-0.15, -0.1) is 0 Å². The van der Waals surface area contributed by atoms with E-state index in [4.69, 9.17) is 9.47 Å². The van der Waals surface area contributed by atoms with E-state index in [1.165, 1.54) is 0 Å². The van der Waals surface area contributed by atoms with E-state index in [0.717, 1.165) is 10.0 Å². The van der Waals surface area contributed by atoms with Crippen molar-refractivity contribution in [2.45, 2.75) is 19.1 Å². The van der Waals surface area contributed by atoms with Crippen LogP contribution in [-0.2, 0) is 0 Å². The smallest absolute Gasteiger partial charge is 0.162 e. The molecule has 0 aliphatic rings. The molecule has 0 unspecified atom stereocenters. The molecule has 0 heterocycles. The van der Waals surface area contributed by atoms with Crippen LogP contribution in [0.15, 0.2) is 53.0 Å². The van der Waals surface area contributed by atoms with Gasteiger partial charge in [-0.1, -0.05) is 46.3 Å². The molecule has 2 atom stereocenters. The zero-order valence-corrected chi connectivity index (χ0v) is 13.9. The highest BCUT2D eigenvalue weighted by Gasteiger charge is 2.25. The van der Waals surface area contributed by atoms with Crippen LogP contribution in [0.25, 0.3) is 0 Å².